The van der Waals surface area contributed by atoms with E-state index in [1.807, 2.05) is 6.07 Å². The molecular formula is C9H7N5. The standard InChI is InChI=1S/C9H7N5/c1-7-12-6-14(13-7)9-3-2-8(4-10)5-11-9/h2-3,5-6H,1H3. The average Bonchev–Trinajstić information content (AvgIpc) is 2.65. The minimum atomic E-state index is 0.533. The van der Waals surface area contributed by atoms with Crippen LogP contribution in [-0.4, -0.2) is 19.7 Å². The third kappa shape index (κ3) is 1.45. The van der Waals surface area contributed by atoms with Crippen LogP contribution in [0.25, 0.3) is 5.82 Å². The first-order valence-electron chi connectivity index (χ1n) is 4.04. The smallest absolute Gasteiger partial charge is 0.155 e. The Bertz CT molecular complexity index is 477. The van der Waals surface area contributed by atoms with Crippen molar-refractivity contribution in [3.05, 3.63) is 36.0 Å². The molecule has 0 amide bonds. The molecule has 0 saturated heterocycles. The number of aromatic nitrogens is 4. The predicted octanol–water partition coefficient (Wildman–Crippen LogP) is 0.842. The van der Waals surface area contributed by atoms with Crippen LogP contribution in [0.5, 0.6) is 0 Å². The van der Waals surface area contributed by atoms with Crippen LogP contribution in [0.15, 0.2) is 24.7 Å². The Labute approximate surface area is 80.7 Å². The summed E-state index contributed by atoms with van der Waals surface area (Å²) in [6.07, 6.45) is 3.09. The van der Waals surface area contributed by atoms with Crippen LogP contribution in [0.1, 0.15) is 11.4 Å². The molecule has 5 nitrogen and oxygen atoms in total. The highest BCUT2D eigenvalue weighted by molar-refractivity contribution is 5.31. The lowest BCUT2D eigenvalue weighted by atomic mass is 10.3. The number of nitrogens with zero attached hydrogens (tertiary/aromatic N) is 5. The highest BCUT2D eigenvalue weighted by Gasteiger charge is 1.99. The van der Waals surface area contributed by atoms with Gasteiger partial charge in [-0.1, -0.05) is 0 Å². The number of pyridine rings is 1. The first-order valence-corrected chi connectivity index (χ1v) is 4.04. The average molecular weight is 185 g/mol. The molecular weight excluding hydrogens is 178 g/mol. The summed E-state index contributed by atoms with van der Waals surface area (Å²) in [6, 6.07) is 5.43. The van der Waals surface area contributed by atoms with Crippen molar-refractivity contribution in [2.45, 2.75) is 6.92 Å². The molecule has 0 atom stereocenters. The highest BCUT2D eigenvalue weighted by Crippen LogP contribution is 2.03. The van der Waals surface area contributed by atoms with Crippen molar-refractivity contribution in [2.24, 2.45) is 0 Å². The molecule has 0 spiro atoms. The van der Waals surface area contributed by atoms with Gasteiger partial charge < -0.3 is 0 Å². The maximum absolute atomic E-state index is 8.58. The third-order valence-electron chi connectivity index (χ3n) is 1.72. The van der Waals surface area contributed by atoms with Gasteiger partial charge in [0.2, 0.25) is 0 Å². The molecule has 0 unspecified atom stereocenters. The van der Waals surface area contributed by atoms with Crippen molar-refractivity contribution < 1.29 is 0 Å². The van der Waals surface area contributed by atoms with Crippen molar-refractivity contribution in [3.63, 3.8) is 0 Å². The zero-order valence-electron chi connectivity index (χ0n) is 7.55. The van der Waals surface area contributed by atoms with E-state index in [2.05, 4.69) is 15.1 Å². The minimum absolute atomic E-state index is 0.533. The molecule has 0 aliphatic carbocycles. The lowest BCUT2D eigenvalue weighted by Crippen LogP contribution is -1.97. The lowest BCUT2D eigenvalue weighted by Gasteiger charge is -1.97. The molecule has 0 bridgehead atoms. The topological polar surface area (TPSA) is 67.4 Å². The molecule has 0 saturated carbocycles. The number of nitriles is 1. The Morgan fingerprint density at radius 1 is 1.36 bits per heavy atom. The summed E-state index contributed by atoms with van der Waals surface area (Å²) in [5, 5.41) is 12.7. The normalized spacial score (nSPS) is 9.71. The lowest BCUT2D eigenvalue weighted by molar-refractivity contribution is 0.832. The van der Waals surface area contributed by atoms with E-state index in [1.165, 1.54) is 6.20 Å². The molecule has 0 fully saturated rings. The van der Waals surface area contributed by atoms with Crippen LogP contribution in [0.2, 0.25) is 0 Å². The molecule has 0 radical (unpaired) electrons. The van der Waals surface area contributed by atoms with Gasteiger partial charge in [0, 0.05) is 6.20 Å². The van der Waals surface area contributed by atoms with Gasteiger partial charge in [0.05, 0.1) is 5.56 Å². The molecule has 2 heterocycles. The molecule has 68 valence electrons. The molecule has 5 heteroatoms. The number of hydrogen-bond acceptors (Lipinski definition) is 4. The summed E-state index contributed by atoms with van der Waals surface area (Å²) in [4.78, 5) is 8.05. The Balaban J connectivity index is 2.39. The van der Waals surface area contributed by atoms with Gasteiger partial charge in [-0.25, -0.2) is 14.6 Å². The van der Waals surface area contributed by atoms with Gasteiger partial charge in [-0.3, -0.25) is 0 Å². The summed E-state index contributed by atoms with van der Waals surface area (Å²) < 4.78 is 1.57. The fraction of sp³-hybridized carbons (Fsp3) is 0.111. The summed E-state index contributed by atoms with van der Waals surface area (Å²) in [5.74, 6) is 1.35. The van der Waals surface area contributed by atoms with Crippen LogP contribution in [0.3, 0.4) is 0 Å². The SMILES string of the molecule is Cc1ncn(-c2ccc(C#N)cn2)n1. The van der Waals surface area contributed by atoms with Crippen LogP contribution >= 0.6 is 0 Å². The fourth-order valence-corrected chi connectivity index (χ4v) is 1.04. The molecule has 2 aromatic heterocycles. The van der Waals surface area contributed by atoms with Gasteiger partial charge in [-0.05, 0) is 19.1 Å². The Kier molecular flexibility index (Phi) is 1.95. The van der Waals surface area contributed by atoms with E-state index in [4.69, 9.17) is 5.26 Å². The molecule has 0 aliphatic rings. The van der Waals surface area contributed by atoms with Crippen molar-refractivity contribution in [1.82, 2.24) is 19.7 Å². The number of hydrogen-bond donors (Lipinski definition) is 0. The molecule has 0 aliphatic heterocycles. The first-order chi connectivity index (χ1) is 6.79. The summed E-state index contributed by atoms with van der Waals surface area (Å²) in [6.45, 7) is 1.81. The zero-order chi connectivity index (χ0) is 9.97. The van der Waals surface area contributed by atoms with E-state index in [1.54, 1.807) is 30.1 Å². The van der Waals surface area contributed by atoms with E-state index in [0.29, 0.717) is 17.2 Å². The maximum atomic E-state index is 8.58. The van der Waals surface area contributed by atoms with E-state index in [9.17, 15) is 0 Å². The third-order valence-corrected chi connectivity index (χ3v) is 1.72. The van der Waals surface area contributed by atoms with Crippen molar-refractivity contribution in [1.29, 1.82) is 5.26 Å². The molecule has 0 N–H and O–H groups in total. The maximum Gasteiger partial charge on any atom is 0.155 e. The largest absolute Gasteiger partial charge is 0.236 e. The van der Waals surface area contributed by atoms with Crippen LogP contribution in [0, 0.1) is 18.3 Å². The second-order valence-corrected chi connectivity index (χ2v) is 2.75. The highest BCUT2D eigenvalue weighted by atomic mass is 15.4. The van der Waals surface area contributed by atoms with Gasteiger partial charge >= 0.3 is 0 Å². The van der Waals surface area contributed by atoms with Gasteiger partial charge in [-0.2, -0.15) is 10.4 Å². The number of aryl methyl sites for hydroxylation is 1. The molecule has 0 aromatic carbocycles. The molecule has 2 rings (SSSR count). The van der Waals surface area contributed by atoms with E-state index >= 15 is 0 Å². The van der Waals surface area contributed by atoms with Crippen molar-refractivity contribution in [2.75, 3.05) is 0 Å². The quantitative estimate of drug-likeness (QED) is 0.660. The summed E-state index contributed by atoms with van der Waals surface area (Å²) in [5.41, 5.74) is 0.533. The van der Waals surface area contributed by atoms with E-state index in [-0.39, 0.29) is 0 Å². The van der Waals surface area contributed by atoms with Gasteiger partial charge in [-0.15, -0.1) is 0 Å². The van der Waals surface area contributed by atoms with E-state index < -0.39 is 0 Å². The summed E-state index contributed by atoms with van der Waals surface area (Å²) >= 11 is 0. The van der Waals surface area contributed by atoms with Gasteiger partial charge in [0.1, 0.15) is 18.2 Å². The molecule has 14 heavy (non-hydrogen) atoms. The Morgan fingerprint density at radius 2 is 2.21 bits per heavy atom. The van der Waals surface area contributed by atoms with Gasteiger partial charge in [0.25, 0.3) is 0 Å². The van der Waals surface area contributed by atoms with Crippen LogP contribution in [-0.2, 0) is 0 Å². The number of rotatable bonds is 1. The van der Waals surface area contributed by atoms with Crippen molar-refractivity contribution >= 4 is 0 Å². The van der Waals surface area contributed by atoms with Crippen LogP contribution in [0.4, 0.5) is 0 Å². The second kappa shape index (κ2) is 3.26. The first kappa shape index (κ1) is 8.38. The molecule has 2 aromatic rings. The fourth-order valence-electron chi connectivity index (χ4n) is 1.04. The van der Waals surface area contributed by atoms with Crippen LogP contribution < -0.4 is 0 Å². The second-order valence-electron chi connectivity index (χ2n) is 2.75. The Morgan fingerprint density at radius 3 is 2.71 bits per heavy atom. The summed E-state index contributed by atoms with van der Waals surface area (Å²) in [7, 11) is 0. The van der Waals surface area contributed by atoms with E-state index in [0.717, 1.165) is 0 Å². The minimum Gasteiger partial charge on any atom is -0.236 e. The predicted molar refractivity (Wildman–Crippen MR) is 48.6 cm³/mol. The monoisotopic (exact) mass is 185 g/mol. The van der Waals surface area contributed by atoms with Crippen molar-refractivity contribution in [3.8, 4) is 11.9 Å². The zero-order valence-corrected chi connectivity index (χ0v) is 7.55. The Hall–Kier alpha value is -2.22. The van der Waals surface area contributed by atoms with Gasteiger partial charge in [0.15, 0.2) is 5.82 Å².